The van der Waals surface area contributed by atoms with E-state index in [2.05, 4.69) is 26.1 Å². The van der Waals surface area contributed by atoms with Crippen molar-refractivity contribution in [2.24, 2.45) is 0 Å². The molecule has 0 spiro atoms. The second-order valence-corrected chi connectivity index (χ2v) is 8.18. The van der Waals surface area contributed by atoms with Gasteiger partial charge in [0.25, 0.3) is 0 Å². The molecule has 0 heterocycles. The summed E-state index contributed by atoms with van der Waals surface area (Å²) in [5.74, 6) is 0. The minimum atomic E-state index is -0.656. The van der Waals surface area contributed by atoms with E-state index in [-0.39, 0.29) is 25.3 Å². The number of amides is 1. The fourth-order valence-corrected chi connectivity index (χ4v) is 2.41. The standard InChI is InChI=1S/C14H22NOP.B/c1-11(12-9-7-6-8-10-12)15-13(16)17(5)14(2,3)4;/h6-11H,1-5H3,(H,15,16);/t11-,17?;/m0./s1. The van der Waals surface area contributed by atoms with Gasteiger partial charge in [-0.1, -0.05) is 51.1 Å². The molecule has 0 aliphatic rings. The van der Waals surface area contributed by atoms with Crippen LogP contribution in [0.5, 0.6) is 0 Å². The zero-order chi connectivity index (χ0) is 13.1. The van der Waals surface area contributed by atoms with E-state index >= 15 is 0 Å². The Hall–Kier alpha value is -0.815. The van der Waals surface area contributed by atoms with Gasteiger partial charge in [0.15, 0.2) is 0 Å². The highest BCUT2D eigenvalue weighted by Crippen LogP contribution is 2.46. The fourth-order valence-electron chi connectivity index (χ4n) is 1.41. The maximum Gasteiger partial charge on any atom is 0.241 e. The molecule has 2 nitrogen and oxygen atoms in total. The average Bonchev–Trinajstić information content (AvgIpc) is 2.27. The van der Waals surface area contributed by atoms with Crippen LogP contribution < -0.4 is 5.32 Å². The number of hydrogen-bond donors (Lipinski definition) is 1. The topological polar surface area (TPSA) is 29.1 Å². The van der Waals surface area contributed by atoms with E-state index in [0.717, 1.165) is 5.56 Å². The van der Waals surface area contributed by atoms with Crippen molar-refractivity contribution in [3.63, 3.8) is 0 Å². The van der Waals surface area contributed by atoms with Crippen LogP contribution in [-0.4, -0.2) is 25.9 Å². The van der Waals surface area contributed by atoms with E-state index in [1.807, 2.05) is 43.9 Å². The van der Waals surface area contributed by atoms with Gasteiger partial charge in [-0.05, 0) is 32.2 Å². The Morgan fingerprint density at radius 2 is 1.72 bits per heavy atom. The Bertz CT molecular complexity index is 375. The summed E-state index contributed by atoms with van der Waals surface area (Å²) in [7, 11) is -0.656. The molecule has 1 aromatic carbocycles. The molecule has 0 aliphatic heterocycles. The van der Waals surface area contributed by atoms with Crippen LogP contribution in [0.3, 0.4) is 0 Å². The largest absolute Gasteiger partial charge is 0.346 e. The first-order chi connectivity index (χ1) is 7.82. The third kappa shape index (κ3) is 4.82. The summed E-state index contributed by atoms with van der Waals surface area (Å²) in [6.07, 6.45) is 0. The molecule has 97 valence electrons. The predicted octanol–water partition coefficient (Wildman–Crippen LogP) is 3.99. The van der Waals surface area contributed by atoms with Gasteiger partial charge >= 0.3 is 0 Å². The molecular weight excluding hydrogens is 240 g/mol. The SMILES string of the molecule is C[C@H](NC(=O)P(C)C(C)(C)C)c1ccccc1.[B]. The van der Waals surface area contributed by atoms with Crippen molar-refractivity contribution in [1.82, 2.24) is 5.32 Å². The molecule has 4 heteroatoms. The number of carbonyl (C=O) groups excluding carboxylic acids is 1. The highest BCUT2D eigenvalue weighted by Gasteiger charge is 2.27. The summed E-state index contributed by atoms with van der Waals surface area (Å²) < 4.78 is 0. The van der Waals surface area contributed by atoms with Crippen LogP contribution in [0.25, 0.3) is 0 Å². The maximum atomic E-state index is 12.1. The highest BCUT2D eigenvalue weighted by molar-refractivity contribution is 7.75. The number of hydrogen-bond acceptors (Lipinski definition) is 1. The van der Waals surface area contributed by atoms with Crippen LogP contribution in [-0.2, 0) is 0 Å². The van der Waals surface area contributed by atoms with Crippen LogP contribution in [0.15, 0.2) is 30.3 Å². The lowest BCUT2D eigenvalue weighted by atomic mass is 10.1. The zero-order valence-corrected chi connectivity index (χ0v) is 12.8. The Labute approximate surface area is 114 Å². The summed E-state index contributed by atoms with van der Waals surface area (Å²) in [4.78, 5) is 12.1. The molecule has 1 aromatic rings. The van der Waals surface area contributed by atoms with E-state index in [4.69, 9.17) is 0 Å². The summed E-state index contributed by atoms with van der Waals surface area (Å²) in [5, 5.41) is 3.16. The van der Waals surface area contributed by atoms with Gasteiger partial charge in [-0.2, -0.15) is 0 Å². The highest BCUT2D eigenvalue weighted by atomic mass is 31.1. The van der Waals surface area contributed by atoms with E-state index in [1.165, 1.54) is 0 Å². The Morgan fingerprint density at radius 3 is 2.17 bits per heavy atom. The molecule has 0 aromatic heterocycles. The Kier molecular flexibility index (Phi) is 6.63. The lowest BCUT2D eigenvalue weighted by Gasteiger charge is -2.28. The van der Waals surface area contributed by atoms with Gasteiger partial charge in [-0.25, -0.2) is 0 Å². The first-order valence-electron chi connectivity index (χ1n) is 5.91. The molecule has 1 amide bonds. The lowest BCUT2D eigenvalue weighted by Crippen LogP contribution is -2.28. The normalized spacial score (nSPS) is 14.3. The number of rotatable bonds is 3. The number of benzene rings is 1. The van der Waals surface area contributed by atoms with E-state index in [0.29, 0.717) is 0 Å². The van der Waals surface area contributed by atoms with Crippen LogP contribution in [0, 0.1) is 0 Å². The molecule has 1 N–H and O–H groups in total. The van der Waals surface area contributed by atoms with Gasteiger partial charge < -0.3 is 5.32 Å². The third-order valence-electron chi connectivity index (χ3n) is 2.95. The molecule has 0 aliphatic carbocycles. The predicted molar refractivity (Wildman–Crippen MR) is 81.7 cm³/mol. The van der Waals surface area contributed by atoms with Crippen LogP contribution in [0.2, 0.25) is 0 Å². The number of carbonyl (C=O) groups is 1. The molecule has 1 unspecified atom stereocenters. The Balaban J connectivity index is 0.00000289. The molecule has 0 bridgehead atoms. The first kappa shape index (κ1) is 17.2. The molecule has 0 saturated carbocycles. The second kappa shape index (κ2) is 6.94. The molecule has 0 fully saturated rings. The van der Waals surface area contributed by atoms with E-state index < -0.39 is 7.92 Å². The minimum absolute atomic E-state index is 0. The summed E-state index contributed by atoms with van der Waals surface area (Å²) in [6.45, 7) is 10.4. The first-order valence-corrected chi connectivity index (χ1v) is 7.70. The van der Waals surface area contributed by atoms with Gasteiger partial charge in [0.1, 0.15) is 0 Å². The van der Waals surface area contributed by atoms with Gasteiger partial charge in [0.05, 0.1) is 6.04 Å². The van der Waals surface area contributed by atoms with Crippen LogP contribution in [0.1, 0.15) is 39.3 Å². The number of nitrogens with one attached hydrogen (secondary N) is 1. The summed E-state index contributed by atoms with van der Waals surface area (Å²) in [6, 6.07) is 10.1. The van der Waals surface area contributed by atoms with Gasteiger partial charge in [0, 0.05) is 8.41 Å². The van der Waals surface area contributed by atoms with E-state index in [9.17, 15) is 4.79 Å². The molecule has 0 saturated heterocycles. The quantitative estimate of drug-likeness (QED) is 0.647. The molecule has 18 heavy (non-hydrogen) atoms. The molecular formula is C14H22BNOP. The van der Waals surface area contributed by atoms with Gasteiger partial charge in [-0.3, -0.25) is 4.79 Å². The molecule has 2 atom stereocenters. The van der Waals surface area contributed by atoms with Crippen molar-refractivity contribution >= 4 is 22.0 Å². The molecule has 3 radical (unpaired) electrons. The zero-order valence-electron chi connectivity index (χ0n) is 11.9. The lowest BCUT2D eigenvalue weighted by molar-refractivity contribution is 0.257. The van der Waals surface area contributed by atoms with Gasteiger partial charge in [0.2, 0.25) is 5.65 Å². The Morgan fingerprint density at radius 1 is 1.22 bits per heavy atom. The van der Waals surface area contributed by atoms with Crippen molar-refractivity contribution in [2.75, 3.05) is 6.66 Å². The third-order valence-corrected chi connectivity index (χ3v) is 5.70. The van der Waals surface area contributed by atoms with Crippen molar-refractivity contribution < 1.29 is 4.79 Å². The smallest absolute Gasteiger partial charge is 0.241 e. The van der Waals surface area contributed by atoms with E-state index in [1.54, 1.807) is 0 Å². The van der Waals surface area contributed by atoms with Crippen LogP contribution in [0.4, 0.5) is 4.79 Å². The molecule has 1 rings (SSSR count). The monoisotopic (exact) mass is 262 g/mol. The second-order valence-electron chi connectivity index (χ2n) is 5.31. The maximum absolute atomic E-state index is 12.1. The minimum Gasteiger partial charge on any atom is -0.346 e. The summed E-state index contributed by atoms with van der Waals surface area (Å²) >= 11 is 0. The average molecular weight is 262 g/mol. The fraction of sp³-hybridized carbons (Fsp3) is 0.500. The summed E-state index contributed by atoms with van der Waals surface area (Å²) in [5.41, 5.74) is 1.34. The van der Waals surface area contributed by atoms with Crippen molar-refractivity contribution in [1.29, 1.82) is 0 Å². The van der Waals surface area contributed by atoms with Gasteiger partial charge in [-0.15, -0.1) is 0 Å². The van der Waals surface area contributed by atoms with Crippen LogP contribution >= 0.6 is 7.92 Å². The van der Waals surface area contributed by atoms with Crippen molar-refractivity contribution in [3.8, 4) is 0 Å². The van der Waals surface area contributed by atoms with Crippen molar-refractivity contribution in [3.05, 3.63) is 35.9 Å². The van der Waals surface area contributed by atoms with Crippen molar-refractivity contribution in [2.45, 2.75) is 38.9 Å².